The minimum absolute atomic E-state index is 0.112. The number of hydrogen-bond acceptors (Lipinski definition) is 4. The van der Waals surface area contributed by atoms with E-state index in [2.05, 4.69) is 11.9 Å². The summed E-state index contributed by atoms with van der Waals surface area (Å²) < 4.78 is 10.5. The summed E-state index contributed by atoms with van der Waals surface area (Å²) in [4.78, 5) is 2.32. The number of rotatable bonds is 6. The summed E-state index contributed by atoms with van der Waals surface area (Å²) in [6.45, 7) is 3.96. The van der Waals surface area contributed by atoms with Gasteiger partial charge in [-0.1, -0.05) is 0 Å². The van der Waals surface area contributed by atoms with Gasteiger partial charge in [0.05, 0.1) is 19.8 Å². The van der Waals surface area contributed by atoms with Gasteiger partial charge in [0.1, 0.15) is 0 Å². The first-order valence-corrected chi connectivity index (χ1v) is 5.31. The van der Waals surface area contributed by atoms with Gasteiger partial charge < -0.3 is 19.5 Å². The molecule has 1 aliphatic heterocycles. The number of nitrogens with zero attached hydrogens (tertiary/aromatic N) is 1. The van der Waals surface area contributed by atoms with Crippen molar-refractivity contribution >= 4 is 0 Å². The maximum Gasteiger partial charge on any atom is 0.0698 e. The molecule has 0 amide bonds. The average molecular weight is 203 g/mol. The van der Waals surface area contributed by atoms with Crippen LogP contribution in [-0.2, 0) is 9.47 Å². The predicted octanol–water partition coefficient (Wildman–Crippen LogP) is 0.106. The predicted molar refractivity (Wildman–Crippen MR) is 54.4 cm³/mol. The lowest BCUT2D eigenvalue weighted by Gasteiger charge is -2.30. The van der Waals surface area contributed by atoms with Crippen molar-refractivity contribution in [2.45, 2.75) is 18.9 Å². The summed E-state index contributed by atoms with van der Waals surface area (Å²) >= 11 is 0. The zero-order valence-electron chi connectivity index (χ0n) is 8.95. The fraction of sp³-hybridized carbons (Fsp3) is 1.00. The summed E-state index contributed by atoms with van der Waals surface area (Å²) in [5, 5.41) is 8.53. The molecular weight excluding hydrogens is 182 g/mol. The molecule has 0 aliphatic carbocycles. The summed E-state index contributed by atoms with van der Waals surface area (Å²) in [5.74, 6) is 0. The van der Waals surface area contributed by atoms with Crippen LogP contribution in [0.2, 0.25) is 0 Å². The van der Waals surface area contributed by atoms with Gasteiger partial charge >= 0.3 is 0 Å². The van der Waals surface area contributed by atoms with Gasteiger partial charge in [0.25, 0.3) is 0 Å². The molecule has 4 heteroatoms. The lowest BCUT2D eigenvalue weighted by Crippen LogP contribution is -2.38. The van der Waals surface area contributed by atoms with E-state index in [4.69, 9.17) is 14.6 Å². The van der Waals surface area contributed by atoms with Gasteiger partial charge in [-0.3, -0.25) is 0 Å². The van der Waals surface area contributed by atoms with Crippen LogP contribution in [0, 0.1) is 0 Å². The average Bonchev–Trinajstić information content (AvgIpc) is 2.25. The first-order chi connectivity index (χ1) is 6.84. The summed E-state index contributed by atoms with van der Waals surface area (Å²) in [7, 11) is 2.12. The van der Waals surface area contributed by atoms with Crippen molar-refractivity contribution in [2.75, 3.05) is 46.6 Å². The molecule has 0 saturated carbocycles. The molecule has 0 aromatic carbocycles. The molecule has 0 spiro atoms. The molecule has 14 heavy (non-hydrogen) atoms. The fourth-order valence-corrected chi connectivity index (χ4v) is 1.68. The Kier molecular flexibility index (Phi) is 6.10. The minimum Gasteiger partial charge on any atom is -0.394 e. The van der Waals surface area contributed by atoms with E-state index in [1.807, 2.05) is 0 Å². The minimum atomic E-state index is 0.112. The van der Waals surface area contributed by atoms with Crippen LogP contribution in [0.15, 0.2) is 0 Å². The zero-order valence-corrected chi connectivity index (χ0v) is 8.95. The molecule has 84 valence electrons. The summed E-state index contributed by atoms with van der Waals surface area (Å²) in [6.07, 6.45) is 2.24. The summed E-state index contributed by atoms with van der Waals surface area (Å²) in [6, 6.07) is 0.640. The van der Waals surface area contributed by atoms with Crippen molar-refractivity contribution in [3.05, 3.63) is 0 Å². The quantitative estimate of drug-likeness (QED) is 0.622. The van der Waals surface area contributed by atoms with E-state index >= 15 is 0 Å². The van der Waals surface area contributed by atoms with E-state index in [-0.39, 0.29) is 6.61 Å². The van der Waals surface area contributed by atoms with E-state index in [1.54, 1.807) is 0 Å². The van der Waals surface area contributed by atoms with Crippen molar-refractivity contribution in [2.24, 2.45) is 0 Å². The second-order valence-electron chi connectivity index (χ2n) is 3.66. The molecule has 1 saturated heterocycles. The number of aliphatic hydroxyl groups is 1. The Balaban J connectivity index is 2.04. The molecule has 1 aliphatic rings. The van der Waals surface area contributed by atoms with Crippen LogP contribution in [0.4, 0.5) is 0 Å². The Morgan fingerprint density at radius 1 is 1.36 bits per heavy atom. The van der Waals surface area contributed by atoms with Crippen LogP contribution in [0.1, 0.15) is 12.8 Å². The molecule has 0 unspecified atom stereocenters. The van der Waals surface area contributed by atoms with Gasteiger partial charge in [-0.2, -0.15) is 0 Å². The Hall–Kier alpha value is -0.160. The number of likely N-dealkylation sites (N-methyl/N-ethyl adjacent to an activating group) is 1. The highest BCUT2D eigenvalue weighted by molar-refractivity contribution is 4.71. The molecule has 0 atom stereocenters. The maximum atomic E-state index is 8.53. The Labute approximate surface area is 85.8 Å². The van der Waals surface area contributed by atoms with E-state index in [1.165, 1.54) is 0 Å². The molecule has 1 N–H and O–H groups in total. The van der Waals surface area contributed by atoms with Gasteiger partial charge in [-0.15, -0.1) is 0 Å². The van der Waals surface area contributed by atoms with Crippen LogP contribution in [0.5, 0.6) is 0 Å². The standard InChI is InChI=1S/C10H21NO3/c1-11(4-8-14-9-5-12)10-2-6-13-7-3-10/h10,12H,2-9H2,1H3. The highest BCUT2D eigenvalue weighted by Crippen LogP contribution is 2.11. The first kappa shape index (κ1) is 11.9. The van der Waals surface area contributed by atoms with Gasteiger partial charge in [-0.05, 0) is 19.9 Å². The summed E-state index contributed by atoms with van der Waals surface area (Å²) in [5.41, 5.74) is 0. The molecule has 0 bridgehead atoms. The normalized spacial score (nSPS) is 19.1. The Morgan fingerprint density at radius 3 is 2.71 bits per heavy atom. The topological polar surface area (TPSA) is 41.9 Å². The van der Waals surface area contributed by atoms with Crippen LogP contribution in [0.25, 0.3) is 0 Å². The largest absolute Gasteiger partial charge is 0.394 e. The Bertz CT molecular complexity index is 137. The van der Waals surface area contributed by atoms with Crippen molar-refractivity contribution < 1.29 is 14.6 Å². The third-order valence-electron chi connectivity index (χ3n) is 2.64. The van der Waals surface area contributed by atoms with Gasteiger partial charge in [0.2, 0.25) is 0 Å². The van der Waals surface area contributed by atoms with E-state index in [0.29, 0.717) is 19.3 Å². The molecule has 1 heterocycles. The van der Waals surface area contributed by atoms with E-state index < -0.39 is 0 Å². The van der Waals surface area contributed by atoms with Crippen molar-refractivity contribution in [3.8, 4) is 0 Å². The van der Waals surface area contributed by atoms with Crippen LogP contribution >= 0.6 is 0 Å². The molecule has 4 nitrogen and oxygen atoms in total. The van der Waals surface area contributed by atoms with Crippen LogP contribution in [0.3, 0.4) is 0 Å². The van der Waals surface area contributed by atoms with Gasteiger partial charge in [0.15, 0.2) is 0 Å². The van der Waals surface area contributed by atoms with Gasteiger partial charge in [0, 0.05) is 25.8 Å². The van der Waals surface area contributed by atoms with Crippen LogP contribution in [-0.4, -0.2) is 62.7 Å². The SMILES string of the molecule is CN(CCOCCO)C1CCOCC1. The monoisotopic (exact) mass is 203 g/mol. The molecular formula is C10H21NO3. The smallest absolute Gasteiger partial charge is 0.0698 e. The lowest BCUT2D eigenvalue weighted by molar-refractivity contribution is 0.0255. The molecule has 0 radical (unpaired) electrons. The number of ether oxygens (including phenoxy) is 2. The van der Waals surface area contributed by atoms with Crippen LogP contribution < -0.4 is 0 Å². The number of hydrogen-bond donors (Lipinski definition) is 1. The first-order valence-electron chi connectivity index (χ1n) is 5.31. The third-order valence-corrected chi connectivity index (χ3v) is 2.64. The Morgan fingerprint density at radius 2 is 2.07 bits per heavy atom. The van der Waals surface area contributed by atoms with Gasteiger partial charge in [-0.25, -0.2) is 0 Å². The van der Waals surface area contributed by atoms with Crippen molar-refractivity contribution in [3.63, 3.8) is 0 Å². The second-order valence-corrected chi connectivity index (χ2v) is 3.66. The van der Waals surface area contributed by atoms with Crippen molar-refractivity contribution in [1.82, 2.24) is 4.90 Å². The van der Waals surface area contributed by atoms with E-state index in [0.717, 1.165) is 32.6 Å². The highest BCUT2D eigenvalue weighted by Gasteiger charge is 2.17. The number of aliphatic hydroxyl groups excluding tert-OH is 1. The molecule has 1 rings (SSSR count). The molecule has 0 aromatic rings. The highest BCUT2D eigenvalue weighted by atomic mass is 16.5. The lowest BCUT2D eigenvalue weighted by atomic mass is 10.1. The zero-order chi connectivity index (χ0) is 10.2. The third kappa shape index (κ3) is 4.37. The fourth-order valence-electron chi connectivity index (χ4n) is 1.68. The maximum absolute atomic E-state index is 8.53. The molecule has 1 fully saturated rings. The van der Waals surface area contributed by atoms with Crippen molar-refractivity contribution in [1.29, 1.82) is 0 Å². The van der Waals surface area contributed by atoms with E-state index in [9.17, 15) is 0 Å². The molecule has 0 aromatic heterocycles. The second kappa shape index (κ2) is 7.17.